The third-order valence-corrected chi connectivity index (χ3v) is 0.661. The van der Waals surface area contributed by atoms with Crippen LogP contribution >= 0.6 is 0 Å². The Kier molecular flexibility index (Phi) is 12.7. The summed E-state index contributed by atoms with van der Waals surface area (Å²) < 4.78 is 0. The van der Waals surface area contributed by atoms with Crippen molar-refractivity contribution in [3.05, 3.63) is 24.8 Å². The highest BCUT2D eigenvalue weighted by atomic mass is 14.8. The summed E-state index contributed by atoms with van der Waals surface area (Å²) in [5.74, 6) is 0.518. The molecule has 0 saturated carbocycles. The molecular weight excluding hydrogens is 124 g/mol. The minimum absolute atomic E-state index is 0.518. The zero-order chi connectivity index (χ0) is 8.41. The molecule has 2 heteroatoms. The fourth-order valence-electron chi connectivity index (χ4n) is 0.241. The van der Waals surface area contributed by atoms with Gasteiger partial charge in [-0.25, -0.2) is 0 Å². The molecule has 0 fully saturated rings. The summed E-state index contributed by atoms with van der Waals surface area (Å²) in [4.78, 5) is 3.69. The smallest absolute Gasteiger partial charge is 0.117 e. The summed E-state index contributed by atoms with van der Waals surface area (Å²) in [6.07, 6.45) is 5.08. The summed E-state index contributed by atoms with van der Waals surface area (Å²) >= 11 is 0. The number of nitrogens with zero attached hydrogens (tertiary/aromatic N) is 1. The first-order valence-electron chi connectivity index (χ1n) is 3.32. The third-order valence-electron chi connectivity index (χ3n) is 0.661. The highest BCUT2D eigenvalue weighted by molar-refractivity contribution is 5.91. The molecule has 0 aliphatic carbocycles. The van der Waals surface area contributed by atoms with Gasteiger partial charge < -0.3 is 5.73 Å². The molecule has 0 aliphatic rings. The monoisotopic (exact) mass is 140 g/mol. The van der Waals surface area contributed by atoms with Gasteiger partial charge in [-0.15, -0.1) is 0 Å². The SMILES string of the molecule is C=C/C=C\C(N)=NC.CC. The number of rotatable bonds is 2. The minimum Gasteiger partial charge on any atom is -0.384 e. The molecule has 0 amide bonds. The molecule has 0 unspecified atom stereocenters. The molecule has 2 nitrogen and oxygen atoms in total. The van der Waals surface area contributed by atoms with Crippen molar-refractivity contribution in [3.63, 3.8) is 0 Å². The van der Waals surface area contributed by atoms with E-state index in [2.05, 4.69) is 11.6 Å². The van der Waals surface area contributed by atoms with Crippen molar-refractivity contribution in [2.45, 2.75) is 13.8 Å². The number of aliphatic imine (C=N–C) groups is 1. The lowest BCUT2D eigenvalue weighted by molar-refractivity contribution is 1.41. The molecule has 10 heavy (non-hydrogen) atoms. The van der Waals surface area contributed by atoms with Gasteiger partial charge in [0.05, 0.1) is 0 Å². The number of allylic oxidation sites excluding steroid dienone is 2. The van der Waals surface area contributed by atoms with Crippen molar-refractivity contribution >= 4 is 5.84 Å². The Morgan fingerprint density at radius 1 is 1.50 bits per heavy atom. The first kappa shape index (κ1) is 11.7. The van der Waals surface area contributed by atoms with Crippen LogP contribution in [-0.2, 0) is 0 Å². The van der Waals surface area contributed by atoms with E-state index in [1.807, 2.05) is 13.8 Å². The maximum atomic E-state index is 5.27. The highest BCUT2D eigenvalue weighted by Gasteiger charge is 1.72. The lowest BCUT2D eigenvalue weighted by atomic mass is 10.4. The van der Waals surface area contributed by atoms with Crippen LogP contribution in [0, 0.1) is 0 Å². The Balaban J connectivity index is 0. The van der Waals surface area contributed by atoms with E-state index in [0.717, 1.165) is 0 Å². The molecule has 0 aromatic heterocycles. The van der Waals surface area contributed by atoms with Crippen LogP contribution in [0.4, 0.5) is 0 Å². The van der Waals surface area contributed by atoms with Crippen LogP contribution < -0.4 is 5.73 Å². The summed E-state index contributed by atoms with van der Waals surface area (Å²) in [5, 5.41) is 0. The molecule has 0 atom stereocenters. The molecule has 2 N–H and O–H groups in total. The van der Waals surface area contributed by atoms with Crippen molar-refractivity contribution in [1.82, 2.24) is 0 Å². The third kappa shape index (κ3) is 10.0. The van der Waals surface area contributed by atoms with Crippen molar-refractivity contribution in [2.24, 2.45) is 10.7 Å². The minimum atomic E-state index is 0.518. The van der Waals surface area contributed by atoms with Crippen LogP contribution in [0.5, 0.6) is 0 Å². The molecule has 0 spiro atoms. The van der Waals surface area contributed by atoms with E-state index >= 15 is 0 Å². The second-order valence-electron chi connectivity index (χ2n) is 1.24. The van der Waals surface area contributed by atoms with Crippen molar-refractivity contribution < 1.29 is 0 Å². The van der Waals surface area contributed by atoms with Gasteiger partial charge in [0, 0.05) is 7.05 Å². The van der Waals surface area contributed by atoms with Gasteiger partial charge in [-0.1, -0.05) is 32.6 Å². The van der Waals surface area contributed by atoms with Crippen LogP contribution in [0.25, 0.3) is 0 Å². The first-order chi connectivity index (χ1) is 4.81. The Bertz CT molecular complexity index is 123. The molecular formula is C8H16N2. The molecule has 0 radical (unpaired) electrons. The lowest BCUT2D eigenvalue weighted by Gasteiger charge is -1.82. The number of amidine groups is 1. The molecule has 0 aromatic carbocycles. The van der Waals surface area contributed by atoms with Crippen LogP contribution in [0.3, 0.4) is 0 Å². The quantitative estimate of drug-likeness (QED) is 0.354. The summed E-state index contributed by atoms with van der Waals surface area (Å²) in [5.41, 5.74) is 5.27. The zero-order valence-corrected chi connectivity index (χ0v) is 6.96. The van der Waals surface area contributed by atoms with Gasteiger partial charge in [0.2, 0.25) is 0 Å². The summed E-state index contributed by atoms with van der Waals surface area (Å²) in [6, 6.07) is 0. The van der Waals surface area contributed by atoms with Gasteiger partial charge in [0.25, 0.3) is 0 Å². The Morgan fingerprint density at radius 2 is 2.00 bits per heavy atom. The first-order valence-corrected chi connectivity index (χ1v) is 3.32. The Labute approximate surface area is 63.2 Å². The fraction of sp³-hybridized carbons (Fsp3) is 0.375. The maximum Gasteiger partial charge on any atom is 0.117 e. The number of nitrogens with two attached hydrogens (primary N) is 1. The van der Waals surface area contributed by atoms with E-state index in [1.54, 1.807) is 25.3 Å². The van der Waals surface area contributed by atoms with Crippen molar-refractivity contribution in [1.29, 1.82) is 0 Å². The molecule has 0 rings (SSSR count). The zero-order valence-electron chi connectivity index (χ0n) is 6.96. The van der Waals surface area contributed by atoms with E-state index in [-0.39, 0.29) is 0 Å². The predicted octanol–water partition coefficient (Wildman–Crippen LogP) is 1.74. The topological polar surface area (TPSA) is 38.4 Å². The molecule has 0 saturated heterocycles. The molecule has 58 valence electrons. The normalized spacial score (nSPS) is 10.5. The second-order valence-corrected chi connectivity index (χ2v) is 1.24. The van der Waals surface area contributed by atoms with Crippen LogP contribution in [-0.4, -0.2) is 12.9 Å². The summed E-state index contributed by atoms with van der Waals surface area (Å²) in [7, 11) is 1.64. The van der Waals surface area contributed by atoms with Gasteiger partial charge in [0.1, 0.15) is 5.84 Å². The molecule has 0 aromatic rings. The van der Waals surface area contributed by atoms with Gasteiger partial charge in [-0.2, -0.15) is 0 Å². The largest absolute Gasteiger partial charge is 0.384 e. The average molecular weight is 140 g/mol. The van der Waals surface area contributed by atoms with E-state index in [0.29, 0.717) is 5.84 Å². The van der Waals surface area contributed by atoms with E-state index < -0.39 is 0 Å². The second kappa shape index (κ2) is 10.8. The van der Waals surface area contributed by atoms with E-state index in [4.69, 9.17) is 5.73 Å². The Hall–Kier alpha value is -1.05. The number of hydrogen-bond acceptors (Lipinski definition) is 1. The highest BCUT2D eigenvalue weighted by Crippen LogP contribution is 1.72. The van der Waals surface area contributed by atoms with Crippen LogP contribution in [0.15, 0.2) is 29.8 Å². The van der Waals surface area contributed by atoms with Gasteiger partial charge in [-0.3, -0.25) is 4.99 Å². The van der Waals surface area contributed by atoms with Gasteiger partial charge in [-0.05, 0) is 6.08 Å². The van der Waals surface area contributed by atoms with Crippen LogP contribution in [0.2, 0.25) is 0 Å². The lowest BCUT2D eigenvalue weighted by Crippen LogP contribution is -2.06. The van der Waals surface area contributed by atoms with E-state index in [1.165, 1.54) is 0 Å². The van der Waals surface area contributed by atoms with E-state index in [9.17, 15) is 0 Å². The van der Waals surface area contributed by atoms with Gasteiger partial charge >= 0.3 is 0 Å². The molecule has 0 heterocycles. The van der Waals surface area contributed by atoms with Crippen molar-refractivity contribution in [3.8, 4) is 0 Å². The maximum absolute atomic E-state index is 5.27. The summed E-state index contributed by atoms with van der Waals surface area (Å²) in [6.45, 7) is 7.47. The standard InChI is InChI=1S/C6H10N2.C2H6/c1-3-4-5-6(7)8-2;1-2/h3-5H,1H2,2H3,(H2,7,8);1-2H3/b5-4-;. The Morgan fingerprint density at radius 3 is 2.30 bits per heavy atom. The predicted molar refractivity (Wildman–Crippen MR) is 48.2 cm³/mol. The average Bonchev–Trinajstić information content (AvgIpc) is 2.04. The number of hydrogen-bond donors (Lipinski definition) is 1. The van der Waals surface area contributed by atoms with Crippen molar-refractivity contribution in [2.75, 3.05) is 7.05 Å². The molecule has 0 aliphatic heterocycles. The fourth-order valence-corrected chi connectivity index (χ4v) is 0.241. The van der Waals surface area contributed by atoms with Gasteiger partial charge in [0.15, 0.2) is 0 Å². The van der Waals surface area contributed by atoms with Crippen LogP contribution in [0.1, 0.15) is 13.8 Å². The molecule has 0 bridgehead atoms.